The van der Waals surface area contributed by atoms with Crippen LogP contribution in [0.25, 0.3) is 0 Å². The lowest BCUT2D eigenvalue weighted by molar-refractivity contribution is 0.431. The summed E-state index contributed by atoms with van der Waals surface area (Å²) in [4.78, 5) is 0. The van der Waals surface area contributed by atoms with E-state index in [0.29, 0.717) is 9.13 Å². The maximum Gasteiger partial charge on any atom is 0.0759 e. The molecule has 0 aliphatic carbocycles. The molecule has 0 rings (SSSR count). The van der Waals surface area contributed by atoms with E-state index in [2.05, 4.69) is 11.3 Å². The summed E-state index contributed by atoms with van der Waals surface area (Å²) >= 11 is 0. The van der Waals surface area contributed by atoms with E-state index < -0.39 is 0 Å². The van der Waals surface area contributed by atoms with E-state index in [1.165, 1.54) is 0 Å². The molecule has 0 N–H and O–H groups in total. The number of hydrogen-bond donors (Lipinski definition) is 0. The molecular formula is C3H8OSi. The summed E-state index contributed by atoms with van der Waals surface area (Å²) in [6, 6.07) is 0. The lowest BCUT2D eigenvalue weighted by atomic mass is 11.5. The van der Waals surface area contributed by atoms with Crippen molar-refractivity contribution in [2.75, 3.05) is 7.11 Å². The minimum Gasteiger partial charge on any atom is -0.510 e. The minimum absolute atomic E-state index is 0.439. The van der Waals surface area contributed by atoms with Gasteiger partial charge in [-0.3, -0.25) is 0 Å². The van der Waals surface area contributed by atoms with Gasteiger partial charge in [-0.15, -0.1) is 0 Å². The fourth-order valence-corrected chi connectivity index (χ4v) is 0.408. The van der Waals surface area contributed by atoms with Crippen LogP contribution in [0.2, 0.25) is 6.55 Å². The van der Waals surface area contributed by atoms with Gasteiger partial charge in [0.1, 0.15) is 0 Å². The van der Waals surface area contributed by atoms with Crippen molar-refractivity contribution in [3.05, 3.63) is 0 Å². The molecular weight excluding hydrogens is 80.1 g/mol. The third-order valence-electron chi connectivity index (χ3n) is 0.272. The Labute approximate surface area is 34.4 Å². The highest BCUT2D eigenvalue weighted by atomic mass is 28.2. The summed E-state index contributed by atoms with van der Waals surface area (Å²) in [5, 5.41) is 0. The van der Waals surface area contributed by atoms with Crippen LogP contribution in [0.1, 0.15) is 0 Å². The van der Waals surface area contributed by atoms with Crippen LogP contribution in [0.5, 0.6) is 0 Å². The van der Waals surface area contributed by atoms with Crippen LogP contribution in [-0.4, -0.2) is 22.1 Å². The predicted octanol–water partition coefficient (Wildman–Crippen LogP) is -0.123. The Morgan fingerprint density at radius 3 is 2.40 bits per heavy atom. The maximum absolute atomic E-state index is 4.60. The zero-order chi connectivity index (χ0) is 4.12. The van der Waals surface area contributed by atoms with Gasteiger partial charge in [-0.05, 0) is 0 Å². The number of rotatable bonds is 1. The SMILES string of the molecule is COC=[SiH]C. The topological polar surface area (TPSA) is 9.23 Å². The molecule has 0 aliphatic rings. The standard InChI is InChI=1S/C3H8OSi/c1-4-3-5-2/h3,5H,1-2H3. The summed E-state index contributed by atoms with van der Waals surface area (Å²) in [5.74, 6) is 1.83. The molecule has 0 radical (unpaired) electrons. The van der Waals surface area contributed by atoms with Crippen molar-refractivity contribution in [3.8, 4) is 0 Å². The lowest BCUT2D eigenvalue weighted by Crippen LogP contribution is -1.77. The molecule has 5 heavy (non-hydrogen) atoms. The molecule has 30 valence electrons. The Hall–Kier alpha value is -0.113. The first-order valence-electron chi connectivity index (χ1n) is 1.55. The van der Waals surface area contributed by atoms with Crippen LogP contribution in [0, 0.1) is 0 Å². The van der Waals surface area contributed by atoms with Crippen molar-refractivity contribution >= 4 is 15.0 Å². The molecule has 0 aromatic heterocycles. The van der Waals surface area contributed by atoms with E-state index in [9.17, 15) is 0 Å². The molecule has 1 nitrogen and oxygen atoms in total. The van der Waals surface area contributed by atoms with E-state index in [4.69, 9.17) is 0 Å². The normalized spacial score (nSPS) is 9.20. The summed E-state index contributed by atoms with van der Waals surface area (Å²) < 4.78 is 4.60. The monoisotopic (exact) mass is 88.0 g/mol. The van der Waals surface area contributed by atoms with Crippen LogP contribution in [0.3, 0.4) is 0 Å². The molecule has 0 saturated heterocycles. The van der Waals surface area contributed by atoms with Gasteiger partial charge in [0.05, 0.1) is 13.0 Å². The van der Waals surface area contributed by atoms with Crippen molar-refractivity contribution in [2.45, 2.75) is 6.55 Å². The zero-order valence-corrected chi connectivity index (χ0v) is 4.72. The van der Waals surface area contributed by atoms with Gasteiger partial charge >= 0.3 is 0 Å². The number of methoxy groups -OCH3 is 1. The summed E-state index contributed by atoms with van der Waals surface area (Å²) in [6.45, 7) is 2.11. The first-order valence-corrected chi connectivity index (χ1v) is 3.38. The van der Waals surface area contributed by atoms with Crippen molar-refractivity contribution in [1.82, 2.24) is 0 Å². The zero-order valence-electron chi connectivity index (χ0n) is 3.56. The highest BCUT2D eigenvalue weighted by Gasteiger charge is 1.48. The molecule has 2 heteroatoms. The molecule has 0 unspecified atom stereocenters. The Morgan fingerprint density at radius 2 is 2.40 bits per heavy atom. The van der Waals surface area contributed by atoms with E-state index in [-0.39, 0.29) is 0 Å². The van der Waals surface area contributed by atoms with Gasteiger partial charge in [-0.2, -0.15) is 0 Å². The van der Waals surface area contributed by atoms with Gasteiger partial charge in [-0.25, -0.2) is 0 Å². The smallest absolute Gasteiger partial charge is 0.0759 e. The molecule has 0 amide bonds. The quantitative estimate of drug-likeness (QED) is 0.406. The van der Waals surface area contributed by atoms with Crippen molar-refractivity contribution in [1.29, 1.82) is 0 Å². The molecule has 0 fully saturated rings. The van der Waals surface area contributed by atoms with E-state index >= 15 is 0 Å². The molecule has 0 spiro atoms. The second-order valence-corrected chi connectivity index (χ2v) is 1.64. The van der Waals surface area contributed by atoms with Gasteiger partial charge in [0.2, 0.25) is 0 Å². The molecule has 0 bridgehead atoms. The first kappa shape index (κ1) is 4.89. The van der Waals surface area contributed by atoms with Crippen LogP contribution in [-0.2, 0) is 4.74 Å². The van der Waals surface area contributed by atoms with Crippen LogP contribution in [0.15, 0.2) is 0 Å². The van der Waals surface area contributed by atoms with E-state index in [0.717, 1.165) is 0 Å². The third-order valence-corrected chi connectivity index (χ3v) is 0.816. The largest absolute Gasteiger partial charge is 0.510 e. The second kappa shape index (κ2) is 3.89. The Balaban J connectivity index is 2.62. The average Bonchev–Trinajstić information content (AvgIpc) is 1.41. The molecule has 0 atom stereocenters. The average molecular weight is 88.2 g/mol. The Kier molecular flexibility index (Phi) is 3.80. The highest BCUT2D eigenvalue weighted by Crippen LogP contribution is 1.41. The lowest BCUT2D eigenvalue weighted by Gasteiger charge is -1.76. The minimum atomic E-state index is 0.439. The summed E-state index contributed by atoms with van der Waals surface area (Å²) in [6.07, 6.45) is 0. The maximum atomic E-state index is 4.60. The summed E-state index contributed by atoms with van der Waals surface area (Å²) in [7, 11) is 2.12. The molecule has 0 aliphatic heterocycles. The molecule has 0 heterocycles. The van der Waals surface area contributed by atoms with E-state index in [1.54, 1.807) is 7.11 Å². The van der Waals surface area contributed by atoms with Gasteiger partial charge in [-0.1, -0.05) is 6.55 Å². The first-order chi connectivity index (χ1) is 2.41. The summed E-state index contributed by atoms with van der Waals surface area (Å²) in [5.41, 5.74) is 0. The predicted molar refractivity (Wildman–Crippen MR) is 26.1 cm³/mol. The van der Waals surface area contributed by atoms with Crippen molar-refractivity contribution < 1.29 is 4.74 Å². The molecule has 0 aromatic rings. The van der Waals surface area contributed by atoms with Crippen molar-refractivity contribution in [2.24, 2.45) is 0 Å². The van der Waals surface area contributed by atoms with Crippen molar-refractivity contribution in [3.63, 3.8) is 0 Å². The number of hydrogen-bond acceptors (Lipinski definition) is 1. The third kappa shape index (κ3) is 3.89. The second-order valence-electron chi connectivity index (χ2n) is 0.705. The fourth-order valence-electron chi connectivity index (χ4n) is 0.136. The van der Waals surface area contributed by atoms with Crippen LogP contribution >= 0.6 is 0 Å². The van der Waals surface area contributed by atoms with Gasteiger partial charge in [0.25, 0.3) is 0 Å². The van der Waals surface area contributed by atoms with E-state index in [1.807, 2.05) is 5.86 Å². The van der Waals surface area contributed by atoms with Gasteiger partial charge in [0, 0.05) is 9.13 Å². The Morgan fingerprint density at radius 1 is 1.80 bits per heavy atom. The Bertz CT molecular complexity index is 33.9. The highest BCUT2D eigenvalue weighted by molar-refractivity contribution is 6.43. The van der Waals surface area contributed by atoms with Crippen LogP contribution < -0.4 is 0 Å². The number of ether oxygens (including phenoxy) is 1. The van der Waals surface area contributed by atoms with Gasteiger partial charge in [0.15, 0.2) is 0 Å². The molecule has 0 saturated carbocycles. The van der Waals surface area contributed by atoms with Crippen LogP contribution in [0.4, 0.5) is 0 Å². The molecule has 0 aromatic carbocycles. The van der Waals surface area contributed by atoms with Gasteiger partial charge < -0.3 is 4.74 Å². The fraction of sp³-hybridized carbons (Fsp3) is 0.667.